The minimum absolute atomic E-state index is 0.120. The summed E-state index contributed by atoms with van der Waals surface area (Å²) in [7, 11) is 1.96. The van der Waals surface area contributed by atoms with Gasteiger partial charge >= 0.3 is 0 Å². The van der Waals surface area contributed by atoms with Crippen molar-refractivity contribution < 1.29 is 4.74 Å². The molecule has 94 valence electrons. The highest BCUT2D eigenvalue weighted by molar-refractivity contribution is 5.41. The first-order valence-electron chi connectivity index (χ1n) is 6.15. The fourth-order valence-corrected chi connectivity index (χ4v) is 1.82. The van der Waals surface area contributed by atoms with Gasteiger partial charge in [-0.25, -0.2) is 0 Å². The van der Waals surface area contributed by atoms with Crippen molar-refractivity contribution in [3.63, 3.8) is 0 Å². The molecular weight excluding hydrogens is 222 g/mol. The number of para-hydroxylation sites is 2. The van der Waals surface area contributed by atoms with Gasteiger partial charge in [-0.3, -0.25) is 0 Å². The summed E-state index contributed by atoms with van der Waals surface area (Å²) in [5, 5.41) is 3.30. The molecule has 2 aromatic carbocycles. The highest BCUT2D eigenvalue weighted by atomic mass is 16.5. The molecule has 0 heterocycles. The average Bonchev–Trinajstić information content (AvgIpc) is 2.40. The summed E-state index contributed by atoms with van der Waals surface area (Å²) in [6.07, 6.45) is 0. The van der Waals surface area contributed by atoms with Gasteiger partial charge in [0.25, 0.3) is 0 Å². The predicted octanol–water partition coefficient (Wildman–Crippen LogP) is 3.93. The van der Waals surface area contributed by atoms with Crippen molar-refractivity contribution >= 4 is 0 Å². The van der Waals surface area contributed by atoms with Gasteiger partial charge in [-0.15, -0.1) is 0 Å². The zero-order valence-corrected chi connectivity index (χ0v) is 11.1. The molecular formula is C16H19NO. The van der Waals surface area contributed by atoms with E-state index >= 15 is 0 Å². The van der Waals surface area contributed by atoms with E-state index in [1.165, 1.54) is 0 Å². The summed E-state index contributed by atoms with van der Waals surface area (Å²) < 4.78 is 5.96. The van der Waals surface area contributed by atoms with Crippen molar-refractivity contribution in [1.82, 2.24) is 5.32 Å². The van der Waals surface area contributed by atoms with Gasteiger partial charge in [-0.2, -0.15) is 0 Å². The molecule has 2 nitrogen and oxygen atoms in total. The van der Waals surface area contributed by atoms with Crippen LogP contribution >= 0.6 is 0 Å². The molecule has 0 fully saturated rings. The Bertz CT molecular complexity index is 506. The van der Waals surface area contributed by atoms with Crippen LogP contribution in [0.4, 0.5) is 0 Å². The van der Waals surface area contributed by atoms with E-state index in [1.54, 1.807) is 0 Å². The summed E-state index contributed by atoms with van der Waals surface area (Å²) in [4.78, 5) is 0. The number of hydrogen-bond acceptors (Lipinski definition) is 2. The molecule has 0 aliphatic rings. The SMILES string of the molecule is CNC(C)(C)c1ccccc1Oc1ccccc1. The van der Waals surface area contributed by atoms with Crippen LogP contribution in [-0.2, 0) is 5.54 Å². The predicted molar refractivity (Wildman–Crippen MR) is 75.0 cm³/mol. The Balaban J connectivity index is 2.34. The first kappa shape index (κ1) is 12.7. The fourth-order valence-electron chi connectivity index (χ4n) is 1.82. The van der Waals surface area contributed by atoms with Crippen LogP contribution in [0.25, 0.3) is 0 Å². The molecule has 0 radical (unpaired) electrons. The van der Waals surface area contributed by atoms with Gasteiger partial charge in [0.15, 0.2) is 0 Å². The highest BCUT2D eigenvalue weighted by Crippen LogP contribution is 2.32. The molecule has 0 aromatic heterocycles. The van der Waals surface area contributed by atoms with Crippen molar-refractivity contribution in [2.45, 2.75) is 19.4 Å². The van der Waals surface area contributed by atoms with E-state index in [0.29, 0.717) is 0 Å². The molecule has 1 N–H and O–H groups in total. The maximum atomic E-state index is 5.96. The van der Waals surface area contributed by atoms with Gasteiger partial charge in [-0.05, 0) is 39.1 Å². The van der Waals surface area contributed by atoms with Crippen LogP contribution in [0.5, 0.6) is 11.5 Å². The Kier molecular flexibility index (Phi) is 3.68. The summed E-state index contributed by atoms with van der Waals surface area (Å²) in [6.45, 7) is 4.28. The molecule has 0 amide bonds. The Morgan fingerprint density at radius 3 is 2.17 bits per heavy atom. The third kappa shape index (κ3) is 2.71. The lowest BCUT2D eigenvalue weighted by molar-refractivity contribution is 0.407. The second-order valence-corrected chi connectivity index (χ2v) is 4.79. The molecule has 0 atom stereocenters. The van der Waals surface area contributed by atoms with Crippen LogP contribution in [-0.4, -0.2) is 7.05 Å². The lowest BCUT2D eigenvalue weighted by atomic mass is 9.93. The Morgan fingerprint density at radius 1 is 0.889 bits per heavy atom. The molecule has 0 saturated carbocycles. The summed E-state index contributed by atoms with van der Waals surface area (Å²) in [5.41, 5.74) is 1.03. The van der Waals surface area contributed by atoms with E-state index in [2.05, 4.69) is 25.2 Å². The summed E-state index contributed by atoms with van der Waals surface area (Å²) in [6, 6.07) is 18.0. The molecule has 2 aromatic rings. The maximum Gasteiger partial charge on any atom is 0.132 e. The van der Waals surface area contributed by atoms with E-state index in [9.17, 15) is 0 Å². The molecule has 0 aliphatic carbocycles. The summed E-state index contributed by atoms with van der Waals surface area (Å²) in [5.74, 6) is 1.75. The largest absolute Gasteiger partial charge is 0.457 e. The number of benzene rings is 2. The Labute approximate surface area is 109 Å². The standard InChI is InChI=1S/C16H19NO/c1-16(2,17-3)14-11-7-8-12-15(14)18-13-9-5-4-6-10-13/h4-12,17H,1-3H3. The molecule has 0 unspecified atom stereocenters. The molecule has 2 heteroatoms. The molecule has 18 heavy (non-hydrogen) atoms. The second-order valence-electron chi connectivity index (χ2n) is 4.79. The van der Waals surface area contributed by atoms with Crippen molar-refractivity contribution in [3.8, 4) is 11.5 Å². The quantitative estimate of drug-likeness (QED) is 0.875. The lowest BCUT2D eigenvalue weighted by Crippen LogP contribution is -2.33. The van der Waals surface area contributed by atoms with Crippen molar-refractivity contribution in [2.24, 2.45) is 0 Å². The van der Waals surface area contributed by atoms with E-state index in [4.69, 9.17) is 4.74 Å². The maximum absolute atomic E-state index is 5.96. The van der Waals surface area contributed by atoms with Crippen molar-refractivity contribution in [1.29, 1.82) is 0 Å². The van der Waals surface area contributed by atoms with Crippen LogP contribution in [0, 0.1) is 0 Å². The molecule has 0 aliphatic heterocycles. The molecule has 0 spiro atoms. The van der Waals surface area contributed by atoms with Crippen molar-refractivity contribution in [2.75, 3.05) is 7.05 Å². The van der Waals surface area contributed by atoms with Crippen LogP contribution in [0.1, 0.15) is 19.4 Å². The van der Waals surface area contributed by atoms with Gasteiger partial charge < -0.3 is 10.1 Å². The normalized spacial score (nSPS) is 11.3. The van der Waals surface area contributed by atoms with E-state index in [0.717, 1.165) is 17.1 Å². The van der Waals surface area contributed by atoms with E-state index in [1.807, 2.05) is 55.6 Å². The van der Waals surface area contributed by atoms with E-state index < -0.39 is 0 Å². The van der Waals surface area contributed by atoms with Crippen LogP contribution < -0.4 is 10.1 Å². The van der Waals surface area contributed by atoms with Crippen LogP contribution in [0.3, 0.4) is 0 Å². The van der Waals surface area contributed by atoms with Gasteiger partial charge in [-0.1, -0.05) is 36.4 Å². The summed E-state index contributed by atoms with van der Waals surface area (Å²) >= 11 is 0. The minimum atomic E-state index is -0.120. The third-order valence-electron chi connectivity index (χ3n) is 3.16. The van der Waals surface area contributed by atoms with Crippen LogP contribution in [0.15, 0.2) is 54.6 Å². The molecule has 0 bridgehead atoms. The second kappa shape index (κ2) is 5.23. The zero-order chi connectivity index (χ0) is 13.0. The number of ether oxygens (including phenoxy) is 1. The molecule has 2 rings (SSSR count). The van der Waals surface area contributed by atoms with Gasteiger partial charge in [0.2, 0.25) is 0 Å². The average molecular weight is 241 g/mol. The Morgan fingerprint density at radius 2 is 1.50 bits per heavy atom. The lowest BCUT2D eigenvalue weighted by Gasteiger charge is -2.26. The van der Waals surface area contributed by atoms with E-state index in [-0.39, 0.29) is 5.54 Å². The number of hydrogen-bond donors (Lipinski definition) is 1. The highest BCUT2D eigenvalue weighted by Gasteiger charge is 2.22. The van der Waals surface area contributed by atoms with Gasteiger partial charge in [0.1, 0.15) is 11.5 Å². The first-order valence-corrected chi connectivity index (χ1v) is 6.15. The number of rotatable bonds is 4. The first-order chi connectivity index (χ1) is 8.63. The van der Waals surface area contributed by atoms with Gasteiger partial charge in [0, 0.05) is 11.1 Å². The fraction of sp³-hybridized carbons (Fsp3) is 0.250. The van der Waals surface area contributed by atoms with Crippen molar-refractivity contribution in [3.05, 3.63) is 60.2 Å². The third-order valence-corrected chi connectivity index (χ3v) is 3.16. The smallest absolute Gasteiger partial charge is 0.132 e. The number of nitrogens with one attached hydrogen (secondary N) is 1. The minimum Gasteiger partial charge on any atom is -0.457 e. The molecule has 0 saturated heterocycles. The monoisotopic (exact) mass is 241 g/mol. The Hall–Kier alpha value is -1.80. The van der Waals surface area contributed by atoms with Crippen LogP contribution in [0.2, 0.25) is 0 Å². The zero-order valence-electron chi connectivity index (χ0n) is 11.1. The topological polar surface area (TPSA) is 21.3 Å². The van der Waals surface area contributed by atoms with Gasteiger partial charge in [0.05, 0.1) is 0 Å².